The third-order valence-electron chi connectivity index (χ3n) is 3.93. The maximum Gasteiger partial charge on any atom is 0.342 e. The number of carbonyl (C=O) groups is 1. The van der Waals surface area contributed by atoms with Crippen LogP contribution in [0.3, 0.4) is 0 Å². The molecule has 132 valence electrons. The monoisotopic (exact) mass is 386 g/mol. The number of hydrogen-bond acceptors (Lipinski definition) is 3. The largest absolute Gasteiger partial charge is 0.507 e. The standard InChI is InChI=1S/C21H16Cl2O3/c1-2-26-21(25)20-18(14-5-9-17(23)10-6-14)11-15(12-19(20)24)13-3-7-16(22)8-4-13/h3-12,24H,2H2,1H3. The Kier molecular flexibility index (Phi) is 5.50. The van der Waals surface area contributed by atoms with Crippen molar-refractivity contribution in [2.75, 3.05) is 6.61 Å². The fourth-order valence-corrected chi connectivity index (χ4v) is 2.96. The average Bonchev–Trinajstić information content (AvgIpc) is 2.62. The van der Waals surface area contributed by atoms with Gasteiger partial charge >= 0.3 is 5.97 Å². The van der Waals surface area contributed by atoms with Crippen LogP contribution in [0.15, 0.2) is 60.7 Å². The molecule has 0 bridgehead atoms. The third kappa shape index (κ3) is 3.85. The Labute approximate surface area is 161 Å². The van der Waals surface area contributed by atoms with Gasteiger partial charge in [-0.25, -0.2) is 4.79 Å². The average molecular weight is 387 g/mol. The van der Waals surface area contributed by atoms with Crippen LogP contribution in [0.25, 0.3) is 22.3 Å². The summed E-state index contributed by atoms with van der Waals surface area (Å²) in [7, 11) is 0. The van der Waals surface area contributed by atoms with Crippen molar-refractivity contribution in [2.24, 2.45) is 0 Å². The molecule has 0 amide bonds. The van der Waals surface area contributed by atoms with Crippen molar-refractivity contribution in [2.45, 2.75) is 6.92 Å². The topological polar surface area (TPSA) is 46.5 Å². The minimum atomic E-state index is -0.572. The van der Waals surface area contributed by atoms with Gasteiger partial charge in [0.1, 0.15) is 11.3 Å². The highest BCUT2D eigenvalue weighted by atomic mass is 35.5. The highest BCUT2D eigenvalue weighted by Gasteiger charge is 2.20. The molecule has 0 heterocycles. The normalized spacial score (nSPS) is 10.6. The fourth-order valence-electron chi connectivity index (χ4n) is 2.71. The molecule has 3 nitrogen and oxygen atoms in total. The second-order valence-corrected chi connectivity index (χ2v) is 6.53. The molecule has 0 fully saturated rings. The van der Waals surface area contributed by atoms with Crippen LogP contribution >= 0.6 is 23.2 Å². The number of rotatable bonds is 4. The van der Waals surface area contributed by atoms with Crippen LogP contribution in [0.4, 0.5) is 0 Å². The van der Waals surface area contributed by atoms with Crippen molar-refractivity contribution in [3.63, 3.8) is 0 Å². The Morgan fingerprint density at radius 2 is 1.42 bits per heavy atom. The minimum absolute atomic E-state index is 0.131. The first-order chi connectivity index (χ1) is 12.5. The maximum atomic E-state index is 12.4. The highest BCUT2D eigenvalue weighted by Crippen LogP contribution is 2.37. The number of benzene rings is 3. The zero-order valence-corrected chi connectivity index (χ0v) is 15.5. The lowest BCUT2D eigenvalue weighted by atomic mass is 9.93. The fraction of sp³-hybridized carbons (Fsp3) is 0.0952. The van der Waals surface area contributed by atoms with Gasteiger partial charge in [0, 0.05) is 15.6 Å². The van der Waals surface area contributed by atoms with E-state index in [9.17, 15) is 9.90 Å². The van der Waals surface area contributed by atoms with Gasteiger partial charge in [-0.2, -0.15) is 0 Å². The third-order valence-corrected chi connectivity index (χ3v) is 4.43. The Morgan fingerprint density at radius 1 is 0.885 bits per heavy atom. The summed E-state index contributed by atoms with van der Waals surface area (Å²) < 4.78 is 5.11. The number of halogens is 2. The number of phenols is 1. The van der Waals surface area contributed by atoms with Gasteiger partial charge in [-0.3, -0.25) is 0 Å². The van der Waals surface area contributed by atoms with Gasteiger partial charge in [0.2, 0.25) is 0 Å². The van der Waals surface area contributed by atoms with E-state index in [2.05, 4.69) is 0 Å². The highest BCUT2D eigenvalue weighted by molar-refractivity contribution is 6.31. The number of phenolic OH excluding ortho intramolecular Hbond substituents is 1. The predicted molar refractivity (Wildman–Crippen MR) is 105 cm³/mol. The molecule has 0 spiro atoms. The summed E-state index contributed by atoms with van der Waals surface area (Å²) >= 11 is 11.9. The van der Waals surface area contributed by atoms with E-state index in [0.717, 1.165) is 16.7 Å². The summed E-state index contributed by atoms with van der Waals surface area (Å²) in [5.41, 5.74) is 3.09. The van der Waals surface area contributed by atoms with E-state index in [-0.39, 0.29) is 17.9 Å². The lowest BCUT2D eigenvalue weighted by molar-refractivity contribution is 0.0524. The molecule has 3 aromatic carbocycles. The van der Waals surface area contributed by atoms with Gasteiger partial charge < -0.3 is 9.84 Å². The first-order valence-corrected chi connectivity index (χ1v) is 8.81. The van der Waals surface area contributed by atoms with E-state index < -0.39 is 5.97 Å². The van der Waals surface area contributed by atoms with E-state index in [1.54, 1.807) is 49.4 Å². The van der Waals surface area contributed by atoms with Crippen LogP contribution < -0.4 is 0 Å². The van der Waals surface area contributed by atoms with Crippen LogP contribution in [0.2, 0.25) is 10.0 Å². The molecule has 1 N–H and O–H groups in total. The summed E-state index contributed by atoms with van der Waals surface area (Å²) in [6, 6.07) is 17.7. The Balaban J connectivity index is 2.20. The number of ether oxygens (including phenoxy) is 1. The summed E-state index contributed by atoms with van der Waals surface area (Å²) in [5, 5.41) is 11.8. The Morgan fingerprint density at radius 3 is 1.96 bits per heavy atom. The first-order valence-electron chi connectivity index (χ1n) is 8.05. The van der Waals surface area contributed by atoms with Gasteiger partial charge in [0.15, 0.2) is 0 Å². The Bertz CT molecular complexity index is 933. The molecule has 5 heteroatoms. The van der Waals surface area contributed by atoms with Gasteiger partial charge in [-0.1, -0.05) is 47.5 Å². The Hall–Kier alpha value is -2.49. The zero-order valence-electron chi connectivity index (χ0n) is 14.0. The zero-order chi connectivity index (χ0) is 18.7. The van der Waals surface area contributed by atoms with Crippen molar-refractivity contribution in [1.29, 1.82) is 0 Å². The molecule has 0 aliphatic carbocycles. The van der Waals surface area contributed by atoms with Gasteiger partial charge in [0.05, 0.1) is 6.61 Å². The van der Waals surface area contributed by atoms with E-state index >= 15 is 0 Å². The quantitative estimate of drug-likeness (QED) is 0.542. The number of aromatic hydroxyl groups is 1. The molecule has 0 aromatic heterocycles. The van der Waals surface area contributed by atoms with E-state index in [4.69, 9.17) is 27.9 Å². The van der Waals surface area contributed by atoms with Crippen molar-refractivity contribution in [3.8, 4) is 28.0 Å². The molecule has 0 saturated heterocycles. The van der Waals surface area contributed by atoms with E-state index in [0.29, 0.717) is 15.6 Å². The summed E-state index contributed by atoms with van der Waals surface area (Å²) in [5.74, 6) is -0.710. The van der Waals surface area contributed by atoms with E-state index in [1.165, 1.54) is 0 Å². The minimum Gasteiger partial charge on any atom is -0.507 e. The van der Waals surface area contributed by atoms with Crippen LogP contribution in [-0.4, -0.2) is 17.7 Å². The van der Waals surface area contributed by atoms with Crippen molar-refractivity contribution < 1.29 is 14.6 Å². The molecule has 0 aliphatic rings. The molecule has 26 heavy (non-hydrogen) atoms. The molecular formula is C21H16Cl2O3. The predicted octanol–water partition coefficient (Wildman–Crippen LogP) is 6.21. The molecule has 3 aromatic rings. The van der Waals surface area contributed by atoms with Crippen LogP contribution in [0.5, 0.6) is 5.75 Å². The van der Waals surface area contributed by atoms with Gasteiger partial charge in [0.25, 0.3) is 0 Å². The van der Waals surface area contributed by atoms with Crippen molar-refractivity contribution in [3.05, 3.63) is 76.3 Å². The van der Waals surface area contributed by atoms with Gasteiger partial charge in [-0.15, -0.1) is 0 Å². The molecule has 0 saturated carbocycles. The van der Waals surface area contributed by atoms with Crippen LogP contribution in [0, 0.1) is 0 Å². The second-order valence-electron chi connectivity index (χ2n) is 5.65. The lowest BCUT2D eigenvalue weighted by Crippen LogP contribution is -2.07. The van der Waals surface area contributed by atoms with Crippen LogP contribution in [-0.2, 0) is 4.74 Å². The molecule has 3 rings (SSSR count). The molecule has 0 atom stereocenters. The summed E-state index contributed by atoms with van der Waals surface area (Å²) in [6.45, 7) is 1.94. The molecular weight excluding hydrogens is 371 g/mol. The molecule has 0 aliphatic heterocycles. The number of carbonyl (C=O) groups excluding carboxylic acids is 1. The van der Waals surface area contributed by atoms with Crippen molar-refractivity contribution in [1.82, 2.24) is 0 Å². The lowest BCUT2D eigenvalue weighted by Gasteiger charge is -2.14. The number of hydrogen-bond donors (Lipinski definition) is 1. The molecule has 0 unspecified atom stereocenters. The van der Waals surface area contributed by atoms with Crippen LogP contribution in [0.1, 0.15) is 17.3 Å². The second kappa shape index (κ2) is 7.81. The molecule has 0 radical (unpaired) electrons. The SMILES string of the molecule is CCOC(=O)c1c(O)cc(-c2ccc(Cl)cc2)cc1-c1ccc(Cl)cc1. The summed E-state index contributed by atoms with van der Waals surface area (Å²) in [6.07, 6.45) is 0. The van der Waals surface area contributed by atoms with E-state index in [1.807, 2.05) is 18.2 Å². The van der Waals surface area contributed by atoms with Gasteiger partial charge in [-0.05, 0) is 60.0 Å². The first kappa shape index (κ1) is 18.3. The van der Waals surface area contributed by atoms with Crippen molar-refractivity contribution >= 4 is 29.2 Å². The summed E-state index contributed by atoms with van der Waals surface area (Å²) in [4.78, 5) is 12.4. The smallest absolute Gasteiger partial charge is 0.342 e. The number of esters is 1. The maximum absolute atomic E-state index is 12.4.